The molecule has 1 fully saturated rings. The highest BCUT2D eigenvalue weighted by Gasteiger charge is 2.50. The van der Waals surface area contributed by atoms with Crippen molar-refractivity contribution in [1.29, 1.82) is 0 Å². The van der Waals surface area contributed by atoms with Crippen molar-refractivity contribution in [2.45, 2.75) is 71.0 Å². The molecule has 5 atom stereocenters. The minimum atomic E-state index is -0.596. The van der Waals surface area contributed by atoms with E-state index < -0.39 is 6.10 Å². The van der Waals surface area contributed by atoms with Crippen molar-refractivity contribution in [2.75, 3.05) is 6.61 Å². The fraction of sp³-hybridized carbons (Fsp3) is 0.714. The first-order chi connectivity index (χ1) is 11.5. The molecule has 3 nitrogen and oxygen atoms in total. The molecule has 0 saturated heterocycles. The molecule has 0 bridgehead atoms. The summed E-state index contributed by atoms with van der Waals surface area (Å²) in [6.45, 7) is 4.34. The molecule has 24 heavy (non-hydrogen) atoms. The van der Waals surface area contributed by atoms with Gasteiger partial charge in [-0.2, -0.15) is 0 Å². The van der Waals surface area contributed by atoms with E-state index in [0.717, 1.165) is 44.9 Å². The lowest BCUT2D eigenvalue weighted by Gasteiger charge is -2.42. The Bertz CT molecular complexity index is 559. The number of rotatable bonds is 4. The maximum absolute atomic E-state index is 10.2. The third-order valence-electron chi connectivity index (χ3n) is 6.86. The van der Waals surface area contributed by atoms with Crippen LogP contribution in [0.1, 0.15) is 58.8 Å². The summed E-state index contributed by atoms with van der Waals surface area (Å²) in [6.07, 6.45) is 12.9. The van der Waals surface area contributed by atoms with Crippen molar-refractivity contribution in [1.82, 2.24) is 0 Å². The molecule has 3 rings (SSSR count). The third kappa shape index (κ3) is 3.26. The van der Waals surface area contributed by atoms with Crippen LogP contribution in [-0.2, 0) is 0 Å². The third-order valence-corrected chi connectivity index (χ3v) is 6.86. The van der Waals surface area contributed by atoms with Crippen LogP contribution < -0.4 is 0 Å². The summed E-state index contributed by atoms with van der Waals surface area (Å²) in [4.78, 5) is 0. The fourth-order valence-corrected chi connectivity index (χ4v) is 5.29. The lowest BCUT2D eigenvalue weighted by atomic mass is 9.64. The summed E-state index contributed by atoms with van der Waals surface area (Å²) in [5.41, 5.74) is 4.16. The summed E-state index contributed by atoms with van der Waals surface area (Å²) >= 11 is 0. The van der Waals surface area contributed by atoms with Gasteiger partial charge in [-0.25, -0.2) is 0 Å². The molecule has 0 aromatic heterocycles. The predicted molar refractivity (Wildman–Crippen MR) is 96.4 cm³/mol. The molecule has 0 radical (unpaired) electrons. The van der Waals surface area contributed by atoms with E-state index in [2.05, 4.69) is 32.1 Å². The zero-order valence-electron chi connectivity index (χ0n) is 15.0. The number of aliphatic hydroxyl groups excluding tert-OH is 3. The van der Waals surface area contributed by atoms with E-state index in [4.69, 9.17) is 0 Å². The van der Waals surface area contributed by atoms with Gasteiger partial charge in [-0.15, -0.1) is 0 Å². The van der Waals surface area contributed by atoms with Gasteiger partial charge in [0, 0.05) is 0 Å². The monoisotopic (exact) mass is 332 g/mol. The van der Waals surface area contributed by atoms with E-state index in [1.54, 1.807) is 0 Å². The second kappa shape index (κ2) is 7.15. The molecule has 3 heteroatoms. The maximum Gasteiger partial charge on any atom is 0.0804 e. The van der Waals surface area contributed by atoms with Gasteiger partial charge >= 0.3 is 0 Å². The van der Waals surface area contributed by atoms with Crippen LogP contribution in [0, 0.1) is 17.3 Å². The summed E-state index contributed by atoms with van der Waals surface area (Å²) in [6, 6.07) is 0. The second-order valence-electron chi connectivity index (χ2n) is 8.27. The number of aliphatic hydroxyl groups is 3. The van der Waals surface area contributed by atoms with Gasteiger partial charge in [0.15, 0.2) is 0 Å². The van der Waals surface area contributed by atoms with Gasteiger partial charge in [0.2, 0.25) is 0 Å². The Labute approximate surface area is 145 Å². The molecule has 134 valence electrons. The van der Waals surface area contributed by atoms with Crippen LogP contribution in [-0.4, -0.2) is 34.1 Å². The zero-order valence-corrected chi connectivity index (χ0v) is 15.0. The minimum Gasteiger partial charge on any atom is -0.394 e. The van der Waals surface area contributed by atoms with Crippen molar-refractivity contribution in [3.05, 3.63) is 34.9 Å². The molecule has 0 aliphatic heterocycles. The normalized spacial score (nSPS) is 38.4. The average molecular weight is 332 g/mol. The minimum absolute atomic E-state index is 0.0894. The van der Waals surface area contributed by atoms with Crippen molar-refractivity contribution >= 4 is 0 Å². The Morgan fingerprint density at radius 2 is 2.08 bits per heavy atom. The van der Waals surface area contributed by atoms with E-state index in [-0.39, 0.29) is 24.0 Å². The van der Waals surface area contributed by atoms with Gasteiger partial charge < -0.3 is 15.3 Å². The van der Waals surface area contributed by atoms with E-state index in [1.807, 2.05) is 0 Å². The van der Waals surface area contributed by atoms with Crippen LogP contribution in [0.15, 0.2) is 34.9 Å². The standard InChI is InChI=1S/C21H32O3/c1-14-5-8-17(23)12-16(14)7-6-15-4-3-11-21(2)18(15)9-10-19(21)20(24)13-22/h4,6-7,17-20,22-24H,3,5,8-13H2,1-2H3/t17-,18-,19+,20+,21-/m0/s1. The van der Waals surface area contributed by atoms with Gasteiger partial charge in [0.05, 0.1) is 18.8 Å². The van der Waals surface area contributed by atoms with Gasteiger partial charge in [-0.05, 0) is 80.3 Å². The predicted octanol–water partition coefficient (Wildman–Crippen LogP) is 3.51. The summed E-state index contributed by atoms with van der Waals surface area (Å²) < 4.78 is 0. The summed E-state index contributed by atoms with van der Waals surface area (Å²) in [7, 11) is 0. The largest absolute Gasteiger partial charge is 0.394 e. The SMILES string of the molecule is CC1=C(C=CC2=CCC[C@]3(C)[C@@H]([C@H](O)CO)CC[C@@H]23)C[C@@H](O)CC1. The van der Waals surface area contributed by atoms with Gasteiger partial charge in [0.25, 0.3) is 0 Å². The van der Waals surface area contributed by atoms with E-state index in [1.165, 1.54) is 16.7 Å². The van der Waals surface area contributed by atoms with Gasteiger partial charge in [-0.1, -0.05) is 30.7 Å². The van der Waals surface area contributed by atoms with E-state index >= 15 is 0 Å². The van der Waals surface area contributed by atoms with Crippen molar-refractivity contribution < 1.29 is 15.3 Å². The molecule has 0 amide bonds. The second-order valence-corrected chi connectivity index (χ2v) is 8.27. The first-order valence-electron chi connectivity index (χ1n) is 9.49. The first-order valence-corrected chi connectivity index (χ1v) is 9.49. The molecule has 0 aromatic carbocycles. The number of allylic oxidation sites excluding steroid dienone is 5. The van der Waals surface area contributed by atoms with Crippen molar-refractivity contribution in [2.24, 2.45) is 17.3 Å². The van der Waals surface area contributed by atoms with E-state index in [9.17, 15) is 15.3 Å². The number of hydrogen-bond acceptors (Lipinski definition) is 3. The van der Waals surface area contributed by atoms with Gasteiger partial charge in [-0.3, -0.25) is 0 Å². The zero-order chi connectivity index (χ0) is 17.3. The molecule has 0 aromatic rings. The van der Waals surface area contributed by atoms with Crippen LogP contribution >= 0.6 is 0 Å². The molecule has 0 heterocycles. The summed E-state index contributed by atoms with van der Waals surface area (Å²) in [5, 5.41) is 29.5. The Hall–Kier alpha value is -0.900. The van der Waals surface area contributed by atoms with Crippen LogP contribution in [0.25, 0.3) is 0 Å². The molecule has 0 unspecified atom stereocenters. The van der Waals surface area contributed by atoms with Crippen LogP contribution in [0.4, 0.5) is 0 Å². The lowest BCUT2D eigenvalue weighted by molar-refractivity contribution is -0.00841. The smallest absolute Gasteiger partial charge is 0.0804 e. The lowest BCUT2D eigenvalue weighted by Crippen LogP contribution is -2.39. The van der Waals surface area contributed by atoms with Crippen LogP contribution in [0.5, 0.6) is 0 Å². The molecule has 1 saturated carbocycles. The molecule has 3 aliphatic carbocycles. The number of hydrogen-bond donors (Lipinski definition) is 3. The average Bonchev–Trinajstić information content (AvgIpc) is 2.92. The highest BCUT2D eigenvalue weighted by molar-refractivity contribution is 5.36. The Morgan fingerprint density at radius 3 is 2.83 bits per heavy atom. The Morgan fingerprint density at radius 1 is 1.29 bits per heavy atom. The van der Waals surface area contributed by atoms with E-state index in [0.29, 0.717) is 5.92 Å². The quantitative estimate of drug-likeness (QED) is 0.738. The molecule has 3 aliphatic rings. The van der Waals surface area contributed by atoms with Crippen LogP contribution in [0.3, 0.4) is 0 Å². The van der Waals surface area contributed by atoms with Crippen molar-refractivity contribution in [3.8, 4) is 0 Å². The summed E-state index contributed by atoms with van der Waals surface area (Å²) in [5.74, 6) is 0.671. The Balaban J connectivity index is 1.78. The van der Waals surface area contributed by atoms with Crippen LogP contribution in [0.2, 0.25) is 0 Å². The van der Waals surface area contributed by atoms with Gasteiger partial charge in [0.1, 0.15) is 0 Å². The molecular formula is C21H32O3. The molecule has 3 N–H and O–H groups in total. The number of fused-ring (bicyclic) bond motifs is 1. The molecule has 0 spiro atoms. The highest BCUT2D eigenvalue weighted by Crippen LogP contribution is 2.57. The maximum atomic E-state index is 10.2. The molecular weight excluding hydrogens is 300 g/mol. The van der Waals surface area contributed by atoms with Crippen molar-refractivity contribution in [3.63, 3.8) is 0 Å². The first kappa shape index (κ1) is 17.9. The fourth-order valence-electron chi connectivity index (χ4n) is 5.29. The topological polar surface area (TPSA) is 60.7 Å². The highest BCUT2D eigenvalue weighted by atomic mass is 16.3. The Kier molecular flexibility index (Phi) is 5.33.